The molecule has 2 atom stereocenters. The Labute approximate surface area is 165 Å². The summed E-state index contributed by atoms with van der Waals surface area (Å²) in [7, 11) is 0. The van der Waals surface area contributed by atoms with E-state index in [2.05, 4.69) is 4.90 Å². The second-order valence-electron chi connectivity index (χ2n) is 8.34. The van der Waals surface area contributed by atoms with Gasteiger partial charge in [-0.15, -0.1) is 11.8 Å². The summed E-state index contributed by atoms with van der Waals surface area (Å²) in [5.41, 5.74) is 6.63. The van der Waals surface area contributed by atoms with E-state index in [4.69, 9.17) is 5.73 Å². The molecule has 1 aromatic heterocycles. The van der Waals surface area contributed by atoms with E-state index < -0.39 is 11.5 Å². The topological polar surface area (TPSA) is 88.6 Å². The number of anilines is 1. The van der Waals surface area contributed by atoms with Gasteiger partial charge in [-0.25, -0.2) is 9.18 Å². The molecule has 2 aliphatic heterocycles. The Morgan fingerprint density at radius 3 is 2.82 bits per heavy atom. The van der Waals surface area contributed by atoms with E-state index in [1.165, 1.54) is 16.7 Å². The molecule has 0 amide bonds. The lowest BCUT2D eigenvalue weighted by atomic mass is 9.97. The highest BCUT2D eigenvalue weighted by Gasteiger charge is 2.48. The second-order valence-corrected chi connectivity index (χ2v) is 9.37. The Morgan fingerprint density at radius 2 is 2.14 bits per heavy atom. The van der Waals surface area contributed by atoms with Gasteiger partial charge in [-0.1, -0.05) is 0 Å². The van der Waals surface area contributed by atoms with E-state index in [1.54, 1.807) is 11.8 Å². The van der Waals surface area contributed by atoms with E-state index in [-0.39, 0.29) is 23.0 Å². The van der Waals surface area contributed by atoms with Crippen molar-refractivity contribution in [2.75, 3.05) is 23.7 Å². The number of aromatic carboxylic acids is 1. The molecule has 1 saturated heterocycles. The van der Waals surface area contributed by atoms with Gasteiger partial charge in [-0.05, 0) is 44.2 Å². The van der Waals surface area contributed by atoms with Gasteiger partial charge in [0.2, 0.25) is 0 Å². The lowest BCUT2D eigenvalue weighted by Gasteiger charge is -2.30. The van der Waals surface area contributed by atoms with E-state index in [9.17, 15) is 14.7 Å². The molecule has 28 heavy (non-hydrogen) atoms. The molecule has 148 valence electrons. The molecule has 3 aliphatic rings. The molecule has 2 fully saturated rings. The first-order chi connectivity index (χ1) is 13.3. The molecule has 1 aliphatic carbocycles. The van der Waals surface area contributed by atoms with Gasteiger partial charge < -0.3 is 20.3 Å². The standard InChI is InChI=1S/C20H22FN3O3S/c1-10-9-28-17-15-11(6-13(19(26)27)18(25)24(10)15)7-14(21)16(17)23-5-2-12(8-23)20(22)3-4-20/h6-7,10,12H,2-5,8-9,22H2,1H3,(H,26,27)/t10-,12+/m0/s1. The maximum Gasteiger partial charge on any atom is 0.341 e. The monoisotopic (exact) mass is 403 g/mol. The summed E-state index contributed by atoms with van der Waals surface area (Å²) in [6, 6.07) is 2.52. The maximum absolute atomic E-state index is 15.2. The summed E-state index contributed by atoms with van der Waals surface area (Å²) in [6.45, 7) is 3.36. The molecule has 0 bridgehead atoms. The lowest BCUT2D eigenvalue weighted by Crippen LogP contribution is -2.35. The number of pyridine rings is 1. The fourth-order valence-electron chi connectivity index (χ4n) is 4.70. The lowest BCUT2D eigenvalue weighted by molar-refractivity contribution is 0.0694. The molecular weight excluding hydrogens is 381 g/mol. The smallest absolute Gasteiger partial charge is 0.341 e. The molecule has 8 heteroatoms. The van der Waals surface area contributed by atoms with Crippen molar-refractivity contribution in [3.05, 3.63) is 33.9 Å². The zero-order valence-corrected chi connectivity index (χ0v) is 16.4. The average Bonchev–Trinajstić information content (AvgIpc) is 3.20. The summed E-state index contributed by atoms with van der Waals surface area (Å²) in [4.78, 5) is 27.1. The molecule has 1 saturated carbocycles. The normalized spacial score (nSPS) is 25.3. The van der Waals surface area contributed by atoms with Gasteiger partial charge in [0.1, 0.15) is 11.4 Å². The molecule has 6 nitrogen and oxygen atoms in total. The van der Waals surface area contributed by atoms with Gasteiger partial charge in [0.15, 0.2) is 0 Å². The molecule has 5 rings (SSSR count). The molecule has 1 aromatic carbocycles. The Balaban J connectivity index is 1.70. The number of nitrogens with zero attached hydrogens (tertiary/aromatic N) is 2. The van der Waals surface area contributed by atoms with Crippen molar-refractivity contribution in [2.24, 2.45) is 11.7 Å². The molecule has 3 N–H and O–H groups in total. The zero-order chi connectivity index (χ0) is 19.8. The summed E-state index contributed by atoms with van der Waals surface area (Å²) >= 11 is 1.54. The Bertz CT molecular complexity index is 1080. The third kappa shape index (κ3) is 2.50. The van der Waals surface area contributed by atoms with E-state index in [0.717, 1.165) is 37.2 Å². The van der Waals surface area contributed by atoms with Crippen LogP contribution in [0.5, 0.6) is 0 Å². The molecule has 0 radical (unpaired) electrons. The van der Waals surface area contributed by atoms with Crippen LogP contribution < -0.4 is 16.2 Å². The van der Waals surface area contributed by atoms with Crippen molar-refractivity contribution < 1.29 is 14.3 Å². The number of halogens is 1. The summed E-state index contributed by atoms with van der Waals surface area (Å²) in [5, 5.41) is 9.85. The van der Waals surface area contributed by atoms with Crippen LogP contribution in [-0.2, 0) is 0 Å². The van der Waals surface area contributed by atoms with Crippen LogP contribution >= 0.6 is 11.8 Å². The number of rotatable bonds is 3. The quantitative estimate of drug-likeness (QED) is 0.819. The minimum atomic E-state index is -1.29. The predicted octanol–water partition coefficient (Wildman–Crippen LogP) is 2.82. The minimum Gasteiger partial charge on any atom is -0.477 e. The van der Waals surface area contributed by atoms with Crippen LogP contribution in [0.15, 0.2) is 21.8 Å². The van der Waals surface area contributed by atoms with Gasteiger partial charge in [-0.3, -0.25) is 4.79 Å². The van der Waals surface area contributed by atoms with E-state index >= 15 is 4.39 Å². The van der Waals surface area contributed by atoms with E-state index in [0.29, 0.717) is 28.3 Å². The maximum atomic E-state index is 15.2. The van der Waals surface area contributed by atoms with Crippen LogP contribution in [0.25, 0.3) is 10.9 Å². The number of benzene rings is 1. The third-order valence-corrected chi connectivity index (χ3v) is 7.81. The van der Waals surface area contributed by atoms with Crippen molar-refractivity contribution in [1.29, 1.82) is 0 Å². The first-order valence-corrected chi connectivity index (χ1v) is 10.6. The minimum absolute atomic E-state index is 0.0978. The highest BCUT2D eigenvalue weighted by molar-refractivity contribution is 7.99. The van der Waals surface area contributed by atoms with Crippen LogP contribution in [0.1, 0.15) is 42.6 Å². The van der Waals surface area contributed by atoms with Crippen molar-refractivity contribution in [2.45, 2.75) is 42.7 Å². The summed E-state index contributed by atoms with van der Waals surface area (Å²) in [6.07, 6.45) is 3.00. The Kier molecular flexibility index (Phi) is 3.84. The molecule has 2 aromatic rings. The average molecular weight is 403 g/mol. The van der Waals surface area contributed by atoms with Crippen molar-refractivity contribution in [3.8, 4) is 0 Å². The first-order valence-electron chi connectivity index (χ1n) is 9.62. The molecule has 0 unspecified atom stereocenters. The molecule has 0 spiro atoms. The van der Waals surface area contributed by atoms with Crippen LogP contribution in [0.2, 0.25) is 0 Å². The highest BCUT2D eigenvalue weighted by Crippen LogP contribution is 2.48. The Hall–Kier alpha value is -2.06. The number of thioether (sulfide) groups is 1. The number of hydrogen-bond donors (Lipinski definition) is 2. The van der Waals surface area contributed by atoms with Gasteiger partial charge >= 0.3 is 5.97 Å². The number of aromatic nitrogens is 1. The molecule has 3 heterocycles. The highest BCUT2D eigenvalue weighted by atomic mass is 32.2. The van der Waals surface area contributed by atoms with Crippen molar-refractivity contribution in [3.63, 3.8) is 0 Å². The number of hydrogen-bond acceptors (Lipinski definition) is 5. The van der Waals surface area contributed by atoms with Crippen LogP contribution in [0, 0.1) is 11.7 Å². The first kappa shape index (κ1) is 18.0. The zero-order valence-electron chi connectivity index (χ0n) is 15.6. The number of carboxylic acids is 1. The van der Waals surface area contributed by atoms with Gasteiger partial charge in [0, 0.05) is 35.8 Å². The summed E-state index contributed by atoms with van der Waals surface area (Å²) < 4.78 is 16.8. The predicted molar refractivity (Wildman–Crippen MR) is 107 cm³/mol. The van der Waals surface area contributed by atoms with Gasteiger partial charge in [0.05, 0.1) is 16.1 Å². The summed E-state index contributed by atoms with van der Waals surface area (Å²) in [5.74, 6) is -0.695. The SMILES string of the molecule is C[C@H]1CSc2c(N3CC[C@@H](C4(N)CC4)C3)c(F)cc3cc(C(=O)O)c(=O)n1c23. The van der Waals surface area contributed by atoms with Crippen molar-refractivity contribution >= 4 is 34.3 Å². The Morgan fingerprint density at radius 1 is 1.39 bits per heavy atom. The van der Waals surface area contributed by atoms with Crippen LogP contribution in [-0.4, -0.2) is 40.0 Å². The number of nitrogens with two attached hydrogens (primary N) is 1. The van der Waals surface area contributed by atoms with Crippen LogP contribution in [0.4, 0.5) is 10.1 Å². The fraction of sp³-hybridized carbons (Fsp3) is 0.500. The van der Waals surface area contributed by atoms with E-state index in [1.807, 2.05) is 6.92 Å². The van der Waals surface area contributed by atoms with Crippen molar-refractivity contribution in [1.82, 2.24) is 4.57 Å². The van der Waals surface area contributed by atoms with Crippen LogP contribution in [0.3, 0.4) is 0 Å². The largest absolute Gasteiger partial charge is 0.477 e. The fourth-order valence-corrected chi connectivity index (χ4v) is 5.97. The second kappa shape index (κ2) is 5.97. The number of carbonyl (C=O) groups is 1. The number of carboxylic acid groups (broad SMARTS) is 1. The van der Waals surface area contributed by atoms with Gasteiger partial charge in [0.25, 0.3) is 5.56 Å². The molecular formula is C20H22FN3O3S. The third-order valence-electron chi connectivity index (χ3n) is 6.49. The van der Waals surface area contributed by atoms with Gasteiger partial charge in [-0.2, -0.15) is 0 Å².